The van der Waals surface area contributed by atoms with Gasteiger partial charge in [0.25, 0.3) is 0 Å². The first-order chi connectivity index (χ1) is 6.42. The molecule has 0 saturated heterocycles. The van der Waals surface area contributed by atoms with Gasteiger partial charge in [0.15, 0.2) is 0 Å². The fraction of sp³-hybridized carbons (Fsp3) is 0.364. The van der Waals surface area contributed by atoms with Crippen molar-refractivity contribution in [2.24, 2.45) is 0 Å². The maximum atomic E-state index is 8.71. The average Bonchev–Trinajstić information content (AvgIpc) is 2.06. The van der Waals surface area contributed by atoms with E-state index in [1.54, 1.807) is 11.8 Å². The standard InChI is InChI=1S/C11H12BrNS/c1-11(2,3)14-10-5-4-8(7-13)6-9(10)12/h4-6H,1-3H3. The van der Waals surface area contributed by atoms with Crippen LogP contribution in [-0.4, -0.2) is 4.75 Å². The predicted molar refractivity (Wildman–Crippen MR) is 64.5 cm³/mol. The summed E-state index contributed by atoms with van der Waals surface area (Å²) in [6, 6.07) is 7.80. The van der Waals surface area contributed by atoms with Crippen molar-refractivity contribution in [3.05, 3.63) is 28.2 Å². The van der Waals surface area contributed by atoms with Gasteiger partial charge in [-0.3, -0.25) is 0 Å². The van der Waals surface area contributed by atoms with E-state index in [0.29, 0.717) is 5.56 Å². The predicted octanol–water partition coefficient (Wildman–Crippen LogP) is 4.21. The summed E-state index contributed by atoms with van der Waals surface area (Å²) in [5.74, 6) is 0. The van der Waals surface area contributed by atoms with Crippen molar-refractivity contribution in [2.45, 2.75) is 30.4 Å². The molecule has 3 heteroatoms. The summed E-state index contributed by atoms with van der Waals surface area (Å²) >= 11 is 5.26. The van der Waals surface area contributed by atoms with Crippen molar-refractivity contribution in [1.29, 1.82) is 5.26 Å². The van der Waals surface area contributed by atoms with Gasteiger partial charge in [0.1, 0.15) is 0 Å². The van der Waals surface area contributed by atoms with Crippen LogP contribution < -0.4 is 0 Å². The van der Waals surface area contributed by atoms with E-state index in [1.165, 1.54) is 4.90 Å². The van der Waals surface area contributed by atoms with Gasteiger partial charge >= 0.3 is 0 Å². The molecule has 74 valence electrons. The van der Waals surface area contributed by atoms with Gasteiger partial charge in [0.05, 0.1) is 11.6 Å². The molecule has 0 heterocycles. The minimum absolute atomic E-state index is 0.191. The SMILES string of the molecule is CC(C)(C)Sc1ccc(C#N)cc1Br. The van der Waals surface area contributed by atoms with Gasteiger partial charge in [-0.15, -0.1) is 11.8 Å². The lowest BCUT2D eigenvalue weighted by Crippen LogP contribution is -2.06. The molecular formula is C11H12BrNS. The molecule has 0 aliphatic heterocycles. The molecule has 0 N–H and O–H groups in total. The quantitative estimate of drug-likeness (QED) is 0.714. The maximum Gasteiger partial charge on any atom is 0.0992 e. The first-order valence-corrected chi connectivity index (χ1v) is 5.92. The molecule has 0 unspecified atom stereocenters. The van der Waals surface area contributed by atoms with Crippen molar-refractivity contribution in [1.82, 2.24) is 0 Å². The summed E-state index contributed by atoms with van der Waals surface area (Å²) in [6.45, 7) is 6.51. The molecule has 1 aromatic carbocycles. The third-order valence-corrected chi connectivity index (χ3v) is 3.58. The lowest BCUT2D eigenvalue weighted by molar-refractivity contribution is 0.802. The van der Waals surface area contributed by atoms with Crippen LogP contribution in [0.3, 0.4) is 0 Å². The van der Waals surface area contributed by atoms with E-state index in [2.05, 4.69) is 42.8 Å². The average molecular weight is 270 g/mol. The van der Waals surface area contributed by atoms with Crippen LogP contribution in [0, 0.1) is 11.3 Å². The number of benzene rings is 1. The highest BCUT2D eigenvalue weighted by atomic mass is 79.9. The monoisotopic (exact) mass is 269 g/mol. The van der Waals surface area contributed by atoms with Crippen molar-refractivity contribution in [3.8, 4) is 6.07 Å². The molecule has 0 aliphatic rings. The van der Waals surface area contributed by atoms with Gasteiger partial charge < -0.3 is 0 Å². The van der Waals surface area contributed by atoms with E-state index < -0.39 is 0 Å². The van der Waals surface area contributed by atoms with Crippen molar-refractivity contribution < 1.29 is 0 Å². The second-order valence-electron chi connectivity index (χ2n) is 3.97. The van der Waals surface area contributed by atoms with Crippen LogP contribution in [0.1, 0.15) is 26.3 Å². The van der Waals surface area contributed by atoms with Gasteiger partial charge in [-0.05, 0) is 34.1 Å². The van der Waals surface area contributed by atoms with E-state index in [-0.39, 0.29) is 4.75 Å². The Labute approximate surface area is 97.6 Å². The highest BCUT2D eigenvalue weighted by molar-refractivity contribution is 9.10. The lowest BCUT2D eigenvalue weighted by atomic mass is 10.2. The van der Waals surface area contributed by atoms with E-state index in [0.717, 1.165) is 4.47 Å². The first kappa shape index (κ1) is 11.6. The van der Waals surface area contributed by atoms with Gasteiger partial charge in [0, 0.05) is 14.1 Å². The van der Waals surface area contributed by atoms with Crippen molar-refractivity contribution in [2.75, 3.05) is 0 Å². The molecular weight excluding hydrogens is 258 g/mol. The second kappa shape index (κ2) is 4.37. The van der Waals surface area contributed by atoms with Crippen LogP contribution in [0.2, 0.25) is 0 Å². The third-order valence-electron chi connectivity index (χ3n) is 1.48. The van der Waals surface area contributed by atoms with Gasteiger partial charge in [0.2, 0.25) is 0 Å². The van der Waals surface area contributed by atoms with E-state index in [1.807, 2.05) is 18.2 Å². The second-order valence-corrected chi connectivity index (χ2v) is 6.69. The summed E-state index contributed by atoms with van der Waals surface area (Å²) in [5, 5.41) is 8.71. The number of rotatable bonds is 1. The lowest BCUT2D eigenvalue weighted by Gasteiger charge is -2.18. The Morgan fingerprint density at radius 1 is 1.36 bits per heavy atom. The molecule has 1 aromatic rings. The molecule has 0 aliphatic carbocycles. The number of halogens is 1. The zero-order valence-electron chi connectivity index (χ0n) is 8.47. The molecule has 0 aromatic heterocycles. The maximum absolute atomic E-state index is 8.71. The number of hydrogen-bond acceptors (Lipinski definition) is 2. The van der Waals surface area contributed by atoms with Crippen LogP contribution in [-0.2, 0) is 0 Å². The van der Waals surface area contributed by atoms with Gasteiger partial charge in [-0.25, -0.2) is 0 Å². The summed E-state index contributed by atoms with van der Waals surface area (Å²) in [7, 11) is 0. The zero-order valence-corrected chi connectivity index (χ0v) is 10.9. The Balaban J connectivity index is 2.97. The van der Waals surface area contributed by atoms with Crippen molar-refractivity contribution in [3.63, 3.8) is 0 Å². The van der Waals surface area contributed by atoms with Crippen LogP contribution in [0.5, 0.6) is 0 Å². The number of nitriles is 1. The Morgan fingerprint density at radius 2 is 2.00 bits per heavy atom. The minimum atomic E-state index is 0.191. The fourth-order valence-corrected chi connectivity index (χ4v) is 2.56. The number of nitrogens with zero attached hydrogens (tertiary/aromatic N) is 1. The highest BCUT2D eigenvalue weighted by Crippen LogP contribution is 2.36. The summed E-state index contributed by atoms with van der Waals surface area (Å²) in [4.78, 5) is 1.18. The zero-order chi connectivity index (χ0) is 10.8. The molecule has 0 fully saturated rings. The largest absolute Gasteiger partial charge is 0.192 e. The normalized spacial score (nSPS) is 11.1. The molecule has 0 bridgehead atoms. The fourth-order valence-electron chi connectivity index (χ4n) is 0.983. The topological polar surface area (TPSA) is 23.8 Å². The Kier molecular flexibility index (Phi) is 3.63. The Morgan fingerprint density at radius 3 is 2.43 bits per heavy atom. The molecule has 0 amide bonds. The summed E-state index contributed by atoms with van der Waals surface area (Å²) < 4.78 is 1.19. The van der Waals surface area contributed by atoms with E-state index in [9.17, 15) is 0 Å². The van der Waals surface area contributed by atoms with Gasteiger partial charge in [-0.1, -0.05) is 20.8 Å². The first-order valence-electron chi connectivity index (χ1n) is 4.31. The number of thioether (sulfide) groups is 1. The van der Waals surface area contributed by atoms with Crippen LogP contribution >= 0.6 is 27.7 Å². The molecule has 0 radical (unpaired) electrons. The molecule has 0 saturated carbocycles. The molecule has 1 rings (SSSR count). The van der Waals surface area contributed by atoms with E-state index >= 15 is 0 Å². The molecule has 0 atom stereocenters. The molecule has 1 nitrogen and oxygen atoms in total. The van der Waals surface area contributed by atoms with E-state index in [4.69, 9.17) is 5.26 Å². The van der Waals surface area contributed by atoms with Crippen molar-refractivity contribution >= 4 is 27.7 Å². The van der Waals surface area contributed by atoms with Gasteiger partial charge in [-0.2, -0.15) is 5.26 Å². The van der Waals surface area contributed by atoms with Crippen LogP contribution in [0.4, 0.5) is 0 Å². The smallest absolute Gasteiger partial charge is 0.0992 e. The molecule has 0 spiro atoms. The third kappa shape index (κ3) is 3.36. The highest BCUT2D eigenvalue weighted by Gasteiger charge is 2.14. The summed E-state index contributed by atoms with van der Waals surface area (Å²) in [6.07, 6.45) is 0. The Bertz CT molecular complexity index is 374. The van der Waals surface area contributed by atoms with Crippen LogP contribution in [0.15, 0.2) is 27.6 Å². The Hall–Kier alpha value is -0.460. The van der Waals surface area contributed by atoms with Crippen LogP contribution in [0.25, 0.3) is 0 Å². The summed E-state index contributed by atoms with van der Waals surface area (Å²) in [5.41, 5.74) is 0.690. The number of hydrogen-bond donors (Lipinski definition) is 0. The molecule has 14 heavy (non-hydrogen) atoms. The minimum Gasteiger partial charge on any atom is -0.192 e.